The highest BCUT2D eigenvalue weighted by atomic mass is 19.1. The molecule has 0 aliphatic carbocycles. The Balaban J connectivity index is 1.49. The van der Waals surface area contributed by atoms with E-state index in [1.54, 1.807) is 12.1 Å². The van der Waals surface area contributed by atoms with Gasteiger partial charge in [-0.25, -0.2) is 4.39 Å². The number of halogens is 1. The Kier molecular flexibility index (Phi) is 4.60. The molecular weight excluding hydrogens is 313 g/mol. The van der Waals surface area contributed by atoms with Gasteiger partial charge in [0.05, 0.1) is 5.69 Å². The van der Waals surface area contributed by atoms with Crippen LogP contribution in [0.5, 0.6) is 5.75 Å². The van der Waals surface area contributed by atoms with Gasteiger partial charge in [-0.1, -0.05) is 0 Å². The van der Waals surface area contributed by atoms with Crippen molar-refractivity contribution in [1.82, 2.24) is 5.43 Å². The second-order valence-corrected chi connectivity index (χ2v) is 5.34. The maximum atomic E-state index is 12.8. The Labute approximate surface area is 138 Å². The standard InChI is InChI=1S/C17H16FN3O3/c18-12-2-4-13(5-3-12)20-21-17(23)10-24-14-6-7-15-11(9-14)1-8-16(22)19-15/h2-7,9,20H,1,8,10H2,(H,19,22)(H,21,23). The zero-order valence-electron chi connectivity index (χ0n) is 12.8. The van der Waals surface area contributed by atoms with Gasteiger partial charge in [0.2, 0.25) is 5.91 Å². The molecule has 0 saturated carbocycles. The maximum absolute atomic E-state index is 12.8. The SMILES string of the molecule is O=C(COc1ccc2c(c1)CCC(=O)N2)NNc1ccc(F)cc1. The second kappa shape index (κ2) is 6.99. The van der Waals surface area contributed by atoms with Gasteiger partial charge in [0.25, 0.3) is 5.91 Å². The molecule has 3 rings (SSSR count). The number of ether oxygens (including phenoxy) is 1. The van der Waals surface area contributed by atoms with Gasteiger partial charge in [0, 0.05) is 12.1 Å². The quantitative estimate of drug-likeness (QED) is 0.735. The van der Waals surface area contributed by atoms with E-state index in [1.165, 1.54) is 24.3 Å². The summed E-state index contributed by atoms with van der Waals surface area (Å²) in [5, 5.41) is 2.78. The molecule has 0 saturated heterocycles. The molecule has 0 aromatic heterocycles. The van der Waals surface area contributed by atoms with Crippen molar-refractivity contribution in [3.63, 3.8) is 0 Å². The summed E-state index contributed by atoms with van der Waals surface area (Å²) in [6.07, 6.45) is 1.09. The number of amides is 2. The van der Waals surface area contributed by atoms with Crippen LogP contribution in [0.3, 0.4) is 0 Å². The van der Waals surface area contributed by atoms with E-state index in [0.717, 1.165) is 11.3 Å². The summed E-state index contributed by atoms with van der Waals surface area (Å²) in [6.45, 7) is -0.167. The van der Waals surface area contributed by atoms with Crippen LogP contribution in [-0.4, -0.2) is 18.4 Å². The molecule has 2 amide bonds. The van der Waals surface area contributed by atoms with Crippen LogP contribution < -0.4 is 20.9 Å². The molecule has 24 heavy (non-hydrogen) atoms. The third kappa shape index (κ3) is 4.01. The van der Waals surface area contributed by atoms with Crippen molar-refractivity contribution >= 4 is 23.2 Å². The van der Waals surface area contributed by atoms with Crippen molar-refractivity contribution < 1.29 is 18.7 Å². The molecule has 0 unspecified atom stereocenters. The average molecular weight is 329 g/mol. The lowest BCUT2D eigenvalue weighted by Crippen LogP contribution is -2.33. The van der Waals surface area contributed by atoms with E-state index in [1.807, 2.05) is 6.07 Å². The molecule has 7 heteroatoms. The summed E-state index contributed by atoms with van der Waals surface area (Å²) in [4.78, 5) is 23.1. The highest BCUT2D eigenvalue weighted by molar-refractivity contribution is 5.94. The summed E-state index contributed by atoms with van der Waals surface area (Å²) in [6, 6.07) is 10.9. The third-order valence-electron chi connectivity index (χ3n) is 3.53. The Hall–Kier alpha value is -3.09. The van der Waals surface area contributed by atoms with E-state index < -0.39 is 0 Å². The molecule has 6 nitrogen and oxygen atoms in total. The Morgan fingerprint density at radius 1 is 1.17 bits per heavy atom. The normalized spacial score (nSPS) is 12.8. The fourth-order valence-electron chi connectivity index (χ4n) is 2.31. The first-order chi connectivity index (χ1) is 11.6. The smallest absolute Gasteiger partial charge is 0.276 e. The molecule has 2 aromatic carbocycles. The minimum atomic E-state index is -0.370. The molecule has 0 atom stereocenters. The zero-order chi connectivity index (χ0) is 16.9. The van der Waals surface area contributed by atoms with Crippen molar-refractivity contribution in [3.05, 3.63) is 53.8 Å². The van der Waals surface area contributed by atoms with Crippen LogP contribution >= 0.6 is 0 Å². The predicted molar refractivity (Wildman–Crippen MR) is 87.1 cm³/mol. The lowest BCUT2D eigenvalue weighted by molar-refractivity contribution is -0.122. The van der Waals surface area contributed by atoms with E-state index in [-0.39, 0.29) is 24.2 Å². The van der Waals surface area contributed by atoms with E-state index in [2.05, 4.69) is 16.2 Å². The molecule has 0 fully saturated rings. The molecule has 0 radical (unpaired) electrons. The van der Waals surface area contributed by atoms with Crippen molar-refractivity contribution in [2.75, 3.05) is 17.3 Å². The van der Waals surface area contributed by atoms with Gasteiger partial charge < -0.3 is 10.1 Å². The summed E-state index contributed by atoms with van der Waals surface area (Å²) in [5.41, 5.74) is 7.46. The number of hydrogen-bond donors (Lipinski definition) is 3. The number of benzene rings is 2. The Morgan fingerprint density at radius 3 is 2.75 bits per heavy atom. The second-order valence-electron chi connectivity index (χ2n) is 5.34. The van der Waals surface area contributed by atoms with Crippen molar-refractivity contribution in [3.8, 4) is 5.75 Å². The summed E-state index contributed by atoms with van der Waals surface area (Å²) in [7, 11) is 0. The average Bonchev–Trinajstić information content (AvgIpc) is 2.59. The summed E-state index contributed by atoms with van der Waals surface area (Å²) < 4.78 is 18.2. The number of carbonyl (C=O) groups excluding carboxylic acids is 2. The predicted octanol–water partition coefficient (Wildman–Crippen LogP) is 2.23. The fourth-order valence-corrected chi connectivity index (χ4v) is 2.31. The van der Waals surface area contributed by atoms with Gasteiger partial charge in [-0.05, 0) is 54.4 Å². The van der Waals surface area contributed by atoms with E-state index in [9.17, 15) is 14.0 Å². The van der Waals surface area contributed by atoms with Crippen molar-refractivity contribution in [2.24, 2.45) is 0 Å². The maximum Gasteiger partial charge on any atom is 0.276 e. The molecule has 1 aliphatic heterocycles. The summed E-state index contributed by atoms with van der Waals surface area (Å²) >= 11 is 0. The van der Waals surface area contributed by atoms with Crippen LogP contribution in [0.2, 0.25) is 0 Å². The van der Waals surface area contributed by atoms with E-state index in [4.69, 9.17) is 4.74 Å². The molecule has 0 bridgehead atoms. The number of carbonyl (C=O) groups is 2. The zero-order valence-corrected chi connectivity index (χ0v) is 12.8. The first-order valence-electron chi connectivity index (χ1n) is 7.46. The molecule has 2 aromatic rings. The van der Waals surface area contributed by atoms with Crippen LogP contribution in [0.4, 0.5) is 15.8 Å². The number of hydrogen-bond acceptors (Lipinski definition) is 4. The fraction of sp³-hybridized carbons (Fsp3) is 0.176. The summed E-state index contributed by atoms with van der Waals surface area (Å²) in [5.74, 6) is -0.159. The third-order valence-corrected chi connectivity index (χ3v) is 3.53. The number of rotatable bonds is 5. The van der Waals surface area contributed by atoms with Crippen LogP contribution in [0.15, 0.2) is 42.5 Å². The van der Waals surface area contributed by atoms with Gasteiger partial charge in [-0.3, -0.25) is 20.4 Å². The molecular formula is C17H16FN3O3. The van der Waals surface area contributed by atoms with E-state index >= 15 is 0 Å². The van der Waals surface area contributed by atoms with Crippen molar-refractivity contribution in [2.45, 2.75) is 12.8 Å². The van der Waals surface area contributed by atoms with Crippen LogP contribution in [0.25, 0.3) is 0 Å². The minimum Gasteiger partial charge on any atom is -0.484 e. The van der Waals surface area contributed by atoms with Gasteiger partial charge >= 0.3 is 0 Å². The van der Waals surface area contributed by atoms with Crippen LogP contribution in [0.1, 0.15) is 12.0 Å². The highest BCUT2D eigenvalue weighted by Gasteiger charge is 2.15. The van der Waals surface area contributed by atoms with Gasteiger partial charge in [0.1, 0.15) is 11.6 Å². The molecule has 3 N–H and O–H groups in total. The van der Waals surface area contributed by atoms with Crippen LogP contribution in [0, 0.1) is 5.82 Å². The minimum absolute atomic E-state index is 0.00223. The molecule has 0 spiro atoms. The molecule has 1 heterocycles. The van der Waals surface area contributed by atoms with Crippen molar-refractivity contribution in [1.29, 1.82) is 0 Å². The number of hydrazine groups is 1. The van der Waals surface area contributed by atoms with Gasteiger partial charge in [0.15, 0.2) is 6.61 Å². The topological polar surface area (TPSA) is 79.5 Å². The lowest BCUT2D eigenvalue weighted by atomic mass is 10.0. The number of fused-ring (bicyclic) bond motifs is 1. The molecule has 124 valence electrons. The number of nitrogens with one attached hydrogen (secondary N) is 3. The van der Waals surface area contributed by atoms with Gasteiger partial charge in [-0.15, -0.1) is 0 Å². The monoisotopic (exact) mass is 329 g/mol. The lowest BCUT2D eigenvalue weighted by Gasteiger charge is -2.17. The largest absolute Gasteiger partial charge is 0.484 e. The first-order valence-corrected chi connectivity index (χ1v) is 7.46. The molecule has 1 aliphatic rings. The van der Waals surface area contributed by atoms with Crippen LogP contribution in [-0.2, 0) is 16.0 Å². The number of anilines is 2. The first kappa shape index (κ1) is 15.8. The van der Waals surface area contributed by atoms with Gasteiger partial charge in [-0.2, -0.15) is 0 Å². The van der Waals surface area contributed by atoms with E-state index in [0.29, 0.717) is 24.3 Å². The Bertz CT molecular complexity index is 762. The highest BCUT2D eigenvalue weighted by Crippen LogP contribution is 2.26. The Morgan fingerprint density at radius 2 is 1.96 bits per heavy atom. The number of aryl methyl sites for hydroxylation is 1.